The van der Waals surface area contributed by atoms with Crippen LogP contribution in [0.5, 0.6) is 0 Å². The molecule has 2 fully saturated rings. The van der Waals surface area contributed by atoms with E-state index in [-0.39, 0.29) is 61.7 Å². The van der Waals surface area contributed by atoms with Crippen LogP contribution in [0.4, 0.5) is 0 Å². The normalized spacial score (nSPS) is 27.8. The lowest BCUT2D eigenvalue weighted by Gasteiger charge is -2.30. The Morgan fingerprint density at radius 3 is 2.54 bits per heavy atom. The van der Waals surface area contributed by atoms with Crippen molar-refractivity contribution >= 4 is 17.7 Å². The zero-order chi connectivity index (χ0) is 17.7. The van der Waals surface area contributed by atoms with Gasteiger partial charge in [-0.3, -0.25) is 19.3 Å². The molecule has 2 aliphatic rings. The van der Waals surface area contributed by atoms with Gasteiger partial charge < -0.3 is 20.5 Å². The van der Waals surface area contributed by atoms with Crippen LogP contribution >= 0.6 is 0 Å². The maximum Gasteiger partial charge on any atom is 0.233 e. The molecule has 3 amide bonds. The Hall–Kier alpha value is -1.51. The number of nitrogens with one attached hydrogen (secondary N) is 1. The number of nitrogens with zero attached hydrogens (tertiary/aromatic N) is 1. The van der Waals surface area contributed by atoms with Crippen molar-refractivity contribution in [3.8, 4) is 0 Å². The molecule has 0 spiro atoms. The van der Waals surface area contributed by atoms with Crippen LogP contribution in [0.1, 0.15) is 26.7 Å². The second-order valence-electron chi connectivity index (χ2n) is 6.62. The zero-order valence-corrected chi connectivity index (χ0v) is 14.3. The van der Waals surface area contributed by atoms with Gasteiger partial charge in [-0.1, -0.05) is 13.8 Å². The molecule has 3 N–H and O–H groups in total. The van der Waals surface area contributed by atoms with E-state index in [0.717, 1.165) is 6.42 Å². The smallest absolute Gasteiger partial charge is 0.233 e. The van der Waals surface area contributed by atoms with Gasteiger partial charge in [-0.2, -0.15) is 0 Å². The van der Waals surface area contributed by atoms with Gasteiger partial charge in [-0.25, -0.2) is 0 Å². The minimum atomic E-state index is -0.670. The number of imide groups is 1. The number of likely N-dealkylation sites (tertiary alicyclic amines) is 1. The van der Waals surface area contributed by atoms with E-state index in [1.54, 1.807) is 0 Å². The molecule has 0 aliphatic carbocycles. The second-order valence-corrected chi connectivity index (χ2v) is 6.62. The number of hydrogen-bond acceptors (Lipinski definition) is 6. The molecule has 0 radical (unpaired) electrons. The third-order valence-corrected chi connectivity index (χ3v) is 4.43. The van der Waals surface area contributed by atoms with Crippen LogP contribution in [0.2, 0.25) is 0 Å². The Kier molecular flexibility index (Phi) is 6.70. The fourth-order valence-corrected chi connectivity index (χ4v) is 2.83. The number of rotatable bonds is 7. The van der Waals surface area contributed by atoms with Gasteiger partial charge in [0.25, 0.3) is 0 Å². The Balaban J connectivity index is 1.78. The van der Waals surface area contributed by atoms with Crippen molar-refractivity contribution in [1.82, 2.24) is 10.2 Å². The van der Waals surface area contributed by atoms with Gasteiger partial charge in [0.05, 0.1) is 25.7 Å². The molecule has 2 saturated heterocycles. The van der Waals surface area contributed by atoms with E-state index in [1.807, 2.05) is 13.8 Å². The maximum absolute atomic E-state index is 12.3. The Labute approximate surface area is 142 Å². The maximum atomic E-state index is 12.3. The van der Waals surface area contributed by atoms with Crippen molar-refractivity contribution in [3.05, 3.63) is 0 Å². The standard InChI is InChI=1S/C16H27N3O5/c1-10(2)12-6-13(20)19(16(12)22)7-14-23-8-11(9-24-14)15(21)18-5-3-4-17/h10-12,14H,3-9,17H2,1-2H3,(H,18,21). The highest BCUT2D eigenvalue weighted by Crippen LogP contribution is 2.27. The van der Waals surface area contributed by atoms with E-state index in [9.17, 15) is 14.4 Å². The van der Waals surface area contributed by atoms with Gasteiger partial charge in [0, 0.05) is 18.9 Å². The minimum Gasteiger partial charge on any atom is -0.356 e. The van der Waals surface area contributed by atoms with Crippen LogP contribution < -0.4 is 11.1 Å². The number of carbonyl (C=O) groups is 3. The topological polar surface area (TPSA) is 111 Å². The molecule has 2 aliphatic heterocycles. The van der Waals surface area contributed by atoms with Crippen LogP contribution in [-0.4, -0.2) is 61.8 Å². The summed E-state index contributed by atoms with van der Waals surface area (Å²) in [6, 6.07) is 0. The van der Waals surface area contributed by atoms with Gasteiger partial charge in [0.15, 0.2) is 6.29 Å². The number of nitrogens with two attached hydrogens (primary N) is 1. The van der Waals surface area contributed by atoms with E-state index in [1.165, 1.54) is 4.90 Å². The molecule has 24 heavy (non-hydrogen) atoms. The highest BCUT2D eigenvalue weighted by atomic mass is 16.7. The summed E-state index contributed by atoms with van der Waals surface area (Å²) in [5.74, 6) is -0.998. The first-order valence-corrected chi connectivity index (χ1v) is 8.49. The number of carbonyl (C=O) groups excluding carboxylic acids is 3. The second kappa shape index (κ2) is 8.55. The lowest BCUT2D eigenvalue weighted by atomic mass is 9.94. The summed E-state index contributed by atoms with van der Waals surface area (Å²) in [7, 11) is 0. The Bertz CT molecular complexity index is 474. The summed E-state index contributed by atoms with van der Waals surface area (Å²) in [6.45, 7) is 5.42. The molecule has 1 atom stereocenters. The van der Waals surface area contributed by atoms with Gasteiger partial charge in [0.1, 0.15) is 0 Å². The van der Waals surface area contributed by atoms with Gasteiger partial charge in [-0.15, -0.1) is 0 Å². The third-order valence-electron chi connectivity index (χ3n) is 4.43. The van der Waals surface area contributed by atoms with Crippen LogP contribution in [0.3, 0.4) is 0 Å². The molecule has 0 aromatic heterocycles. The molecule has 0 aromatic rings. The average molecular weight is 341 g/mol. The largest absolute Gasteiger partial charge is 0.356 e. The van der Waals surface area contributed by atoms with Crippen LogP contribution in [-0.2, 0) is 23.9 Å². The predicted molar refractivity (Wildman–Crippen MR) is 85.5 cm³/mol. The molecular formula is C16H27N3O5. The zero-order valence-electron chi connectivity index (χ0n) is 14.3. The molecule has 8 nitrogen and oxygen atoms in total. The average Bonchev–Trinajstić information content (AvgIpc) is 2.84. The summed E-state index contributed by atoms with van der Waals surface area (Å²) in [4.78, 5) is 37.4. The monoisotopic (exact) mass is 341 g/mol. The third kappa shape index (κ3) is 4.52. The van der Waals surface area contributed by atoms with Crippen LogP contribution in [0.15, 0.2) is 0 Å². The lowest BCUT2D eigenvalue weighted by Crippen LogP contribution is -2.47. The first kappa shape index (κ1) is 18.8. The molecule has 0 aromatic carbocycles. The lowest BCUT2D eigenvalue weighted by molar-refractivity contribution is -0.208. The van der Waals surface area contributed by atoms with E-state index in [0.29, 0.717) is 13.1 Å². The van der Waals surface area contributed by atoms with Gasteiger partial charge >= 0.3 is 0 Å². The van der Waals surface area contributed by atoms with Crippen LogP contribution in [0, 0.1) is 17.8 Å². The predicted octanol–water partition coefficient (Wildman–Crippen LogP) is -0.528. The van der Waals surface area contributed by atoms with E-state index in [2.05, 4.69) is 5.32 Å². The molecule has 8 heteroatoms. The van der Waals surface area contributed by atoms with Gasteiger partial charge in [-0.05, 0) is 18.9 Å². The number of ether oxygens (including phenoxy) is 2. The van der Waals surface area contributed by atoms with E-state index in [4.69, 9.17) is 15.2 Å². The van der Waals surface area contributed by atoms with E-state index < -0.39 is 6.29 Å². The number of hydrogen-bond donors (Lipinski definition) is 2. The van der Waals surface area contributed by atoms with Crippen molar-refractivity contribution < 1.29 is 23.9 Å². The number of amides is 3. The quantitative estimate of drug-likeness (QED) is 0.476. The fourth-order valence-electron chi connectivity index (χ4n) is 2.83. The molecule has 2 heterocycles. The van der Waals surface area contributed by atoms with E-state index >= 15 is 0 Å². The molecule has 0 saturated carbocycles. The molecule has 2 rings (SSSR count). The molecule has 136 valence electrons. The highest BCUT2D eigenvalue weighted by Gasteiger charge is 2.42. The minimum absolute atomic E-state index is 0.0857. The first-order valence-electron chi connectivity index (χ1n) is 8.49. The Morgan fingerprint density at radius 1 is 1.33 bits per heavy atom. The van der Waals surface area contributed by atoms with Crippen LogP contribution in [0.25, 0.3) is 0 Å². The van der Waals surface area contributed by atoms with Crippen molar-refractivity contribution in [2.24, 2.45) is 23.5 Å². The first-order chi connectivity index (χ1) is 11.4. The van der Waals surface area contributed by atoms with Gasteiger partial charge in [0.2, 0.25) is 17.7 Å². The summed E-state index contributed by atoms with van der Waals surface area (Å²) in [6.07, 6.45) is 0.297. The Morgan fingerprint density at radius 2 is 2.00 bits per heavy atom. The summed E-state index contributed by atoms with van der Waals surface area (Å²) >= 11 is 0. The van der Waals surface area contributed by atoms with Crippen molar-refractivity contribution in [2.45, 2.75) is 33.0 Å². The summed E-state index contributed by atoms with van der Waals surface area (Å²) < 4.78 is 11.0. The highest BCUT2D eigenvalue weighted by molar-refractivity contribution is 6.03. The van der Waals surface area contributed by atoms with Crippen molar-refractivity contribution in [3.63, 3.8) is 0 Å². The summed E-state index contributed by atoms with van der Waals surface area (Å²) in [5, 5.41) is 2.78. The fraction of sp³-hybridized carbons (Fsp3) is 0.812. The van der Waals surface area contributed by atoms with Crippen molar-refractivity contribution in [2.75, 3.05) is 32.8 Å². The SMILES string of the molecule is CC(C)C1CC(=O)N(CC2OCC(C(=O)NCCCN)CO2)C1=O. The molecule has 0 bridgehead atoms. The summed E-state index contributed by atoms with van der Waals surface area (Å²) in [5.41, 5.74) is 5.38. The molecule has 1 unspecified atom stereocenters. The molecular weight excluding hydrogens is 314 g/mol. The van der Waals surface area contributed by atoms with Crippen molar-refractivity contribution in [1.29, 1.82) is 0 Å².